The fourth-order valence-electron chi connectivity index (χ4n) is 1.33. The molecule has 0 bridgehead atoms. The van der Waals surface area contributed by atoms with Crippen molar-refractivity contribution in [1.82, 2.24) is 0 Å². The number of hydrogen-bond donors (Lipinski definition) is 2. The summed E-state index contributed by atoms with van der Waals surface area (Å²) in [7, 11) is 0. The molecule has 0 atom stereocenters. The number of carbonyl (C=O) groups is 1. The van der Waals surface area contributed by atoms with E-state index in [0.717, 1.165) is 0 Å². The zero-order valence-electron chi connectivity index (χ0n) is 7.43. The Labute approximate surface area is 83.2 Å². The predicted octanol–water partition coefficient (Wildman–Crippen LogP) is 1.20. The zero-order valence-corrected chi connectivity index (χ0v) is 7.43. The van der Waals surface area contributed by atoms with Crippen LogP contribution in [0.3, 0.4) is 0 Å². The maximum absolute atomic E-state index is 10.9. The minimum atomic E-state index is -1.34. The van der Waals surface area contributed by atoms with E-state index >= 15 is 0 Å². The molecule has 0 fully saturated rings. The van der Waals surface area contributed by atoms with Crippen molar-refractivity contribution in [3.63, 3.8) is 0 Å². The Balaban J connectivity index is 2.97. The van der Waals surface area contributed by atoms with Crippen molar-refractivity contribution in [1.29, 1.82) is 0 Å². The Morgan fingerprint density at radius 1 is 1.20 bits per heavy atom. The van der Waals surface area contributed by atoms with Gasteiger partial charge in [0.15, 0.2) is 5.58 Å². The third-order valence-electron chi connectivity index (χ3n) is 1.98. The molecule has 0 aliphatic heterocycles. The van der Waals surface area contributed by atoms with Gasteiger partial charge in [0.05, 0.1) is 0 Å². The molecule has 0 saturated carbocycles. The van der Waals surface area contributed by atoms with Crippen molar-refractivity contribution in [3.8, 4) is 5.75 Å². The van der Waals surface area contributed by atoms with Crippen LogP contribution < -0.4 is 5.63 Å². The van der Waals surface area contributed by atoms with Crippen molar-refractivity contribution in [2.75, 3.05) is 0 Å². The molecule has 1 aromatic carbocycles. The Morgan fingerprint density at radius 2 is 1.87 bits per heavy atom. The van der Waals surface area contributed by atoms with Crippen molar-refractivity contribution in [2.45, 2.75) is 0 Å². The van der Waals surface area contributed by atoms with Gasteiger partial charge in [-0.1, -0.05) is 0 Å². The van der Waals surface area contributed by atoms with E-state index in [1.54, 1.807) is 0 Å². The SMILES string of the molecule is O=C(O)c1c(O)ccc2ccc(=O)oc12. The molecule has 0 spiro atoms. The standard InChI is InChI=1S/C10H6O5/c11-6-3-1-5-2-4-7(12)15-9(5)8(6)10(13)14/h1-4,11H,(H,13,14). The first-order valence-electron chi connectivity index (χ1n) is 4.09. The van der Waals surface area contributed by atoms with Crippen LogP contribution in [0.2, 0.25) is 0 Å². The van der Waals surface area contributed by atoms with Crippen LogP contribution in [-0.2, 0) is 0 Å². The van der Waals surface area contributed by atoms with Gasteiger partial charge in [0.25, 0.3) is 0 Å². The molecular formula is C10H6O5. The molecule has 0 saturated heterocycles. The van der Waals surface area contributed by atoms with Gasteiger partial charge in [-0.2, -0.15) is 0 Å². The molecule has 15 heavy (non-hydrogen) atoms. The number of carboxylic acids is 1. The van der Waals surface area contributed by atoms with E-state index in [9.17, 15) is 14.7 Å². The van der Waals surface area contributed by atoms with Gasteiger partial charge >= 0.3 is 11.6 Å². The molecule has 0 amide bonds. The number of phenols is 1. The molecule has 0 unspecified atom stereocenters. The van der Waals surface area contributed by atoms with Crippen LogP contribution in [0.1, 0.15) is 10.4 Å². The Bertz CT molecular complexity index is 596. The van der Waals surface area contributed by atoms with Crippen LogP contribution in [0.4, 0.5) is 0 Å². The van der Waals surface area contributed by atoms with Crippen LogP contribution in [0.5, 0.6) is 5.75 Å². The Morgan fingerprint density at radius 3 is 2.53 bits per heavy atom. The summed E-state index contributed by atoms with van der Waals surface area (Å²) in [5, 5.41) is 18.6. The molecule has 5 heteroatoms. The van der Waals surface area contributed by atoms with E-state index in [1.807, 2.05) is 0 Å². The van der Waals surface area contributed by atoms with Gasteiger partial charge in [-0.15, -0.1) is 0 Å². The minimum Gasteiger partial charge on any atom is -0.507 e. The first-order chi connectivity index (χ1) is 7.09. The molecule has 5 nitrogen and oxygen atoms in total. The lowest BCUT2D eigenvalue weighted by Gasteiger charge is -2.02. The van der Waals surface area contributed by atoms with Gasteiger partial charge in [-0.05, 0) is 18.2 Å². The van der Waals surface area contributed by atoms with E-state index in [0.29, 0.717) is 5.39 Å². The van der Waals surface area contributed by atoms with Crippen LogP contribution in [-0.4, -0.2) is 16.2 Å². The summed E-state index contributed by atoms with van der Waals surface area (Å²) in [6.07, 6.45) is 0. The number of aromatic carboxylic acids is 1. The molecule has 2 aromatic rings. The average molecular weight is 206 g/mol. The van der Waals surface area contributed by atoms with Gasteiger partial charge < -0.3 is 14.6 Å². The lowest BCUT2D eigenvalue weighted by atomic mass is 10.1. The predicted molar refractivity (Wildman–Crippen MR) is 51.1 cm³/mol. The van der Waals surface area contributed by atoms with E-state index in [-0.39, 0.29) is 5.58 Å². The summed E-state index contributed by atoms with van der Waals surface area (Å²) >= 11 is 0. The second-order valence-electron chi connectivity index (χ2n) is 2.94. The van der Waals surface area contributed by atoms with Crippen LogP contribution >= 0.6 is 0 Å². The van der Waals surface area contributed by atoms with Crippen molar-refractivity contribution in [2.24, 2.45) is 0 Å². The minimum absolute atomic E-state index is 0.116. The fraction of sp³-hybridized carbons (Fsp3) is 0. The maximum atomic E-state index is 10.9. The molecule has 2 N–H and O–H groups in total. The highest BCUT2D eigenvalue weighted by atomic mass is 16.4. The molecule has 1 aromatic heterocycles. The summed E-state index contributed by atoms with van der Waals surface area (Å²) in [6.45, 7) is 0. The smallest absolute Gasteiger partial charge is 0.343 e. The topological polar surface area (TPSA) is 87.7 Å². The van der Waals surface area contributed by atoms with Gasteiger partial charge in [0, 0.05) is 11.5 Å². The number of carboxylic acid groups (broad SMARTS) is 1. The lowest BCUT2D eigenvalue weighted by molar-refractivity contribution is 0.0694. The highest BCUT2D eigenvalue weighted by Gasteiger charge is 2.16. The summed E-state index contributed by atoms with van der Waals surface area (Å²) < 4.78 is 4.74. The van der Waals surface area contributed by atoms with Gasteiger partial charge in [-0.25, -0.2) is 9.59 Å². The molecule has 76 valence electrons. The highest BCUT2D eigenvalue weighted by molar-refractivity contribution is 6.03. The Hall–Kier alpha value is -2.30. The van der Waals surface area contributed by atoms with Crippen molar-refractivity contribution < 1.29 is 19.4 Å². The normalized spacial score (nSPS) is 10.4. The first-order valence-corrected chi connectivity index (χ1v) is 4.09. The average Bonchev–Trinajstić information content (AvgIpc) is 2.16. The third kappa shape index (κ3) is 1.43. The molecular weight excluding hydrogens is 200 g/mol. The largest absolute Gasteiger partial charge is 0.507 e. The summed E-state index contributed by atoms with van der Waals surface area (Å²) in [5.41, 5.74) is -1.17. The van der Waals surface area contributed by atoms with E-state index in [4.69, 9.17) is 9.52 Å². The lowest BCUT2D eigenvalue weighted by Crippen LogP contribution is -2.02. The molecule has 0 aliphatic carbocycles. The highest BCUT2D eigenvalue weighted by Crippen LogP contribution is 2.25. The molecule has 2 rings (SSSR count). The fourth-order valence-corrected chi connectivity index (χ4v) is 1.33. The van der Waals surface area contributed by atoms with E-state index in [1.165, 1.54) is 24.3 Å². The molecule has 0 radical (unpaired) electrons. The van der Waals surface area contributed by atoms with Crippen molar-refractivity contribution in [3.05, 3.63) is 40.2 Å². The number of benzene rings is 1. The third-order valence-corrected chi connectivity index (χ3v) is 1.98. The first kappa shape index (κ1) is 9.26. The second kappa shape index (κ2) is 3.13. The summed E-state index contributed by atoms with van der Waals surface area (Å²) in [4.78, 5) is 21.8. The van der Waals surface area contributed by atoms with E-state index < -0.39 is 22.9 Å². The summed E-state index contributed by atoms with van der Waals surface area (Å²) in [5.74, 6) is -1.77. The van der Waals surface area contributed by atoms with Crippen LogP contribution in [0, 0.1) is 0 Å². The van der Waals surface area contributed by atoms with Crippen LogP contribution in [0.25, 0.3) is 11.0 Å². The van der Waals surface area contributed by atoms with Crippen molar-refractivity contribution >= 4 is 16.9 Å². The zero-order chi connectivity index (χ0) is 11.0. The number of hydrogen-bond acceptors (Lipinski definition) is 4. The monoisotopic (exact) mass is 206 g/mol. The van der Waals surface area contributed by atoms with E-state index in [2.05, 4.69) is 0 Å². The van der Waals surface area contributed by atoms with Crippen LogP contribution in [0.15, 0.2) is 33.5 Å². The summed E-state index contributed by atoms with van der Waals surface area (Å²) in [6, 6.07) is 5.34. The molecule has 1 heterocycles. The number of fused-ring (bicyclic) bond motifs is 1. The van der Waals surface area contributed by atoms with Gasteiger partial charge in [0.2, 0.25) is 0 Å². The maximum Gasteiger partial charge on any atom is 0.343 e. The Kier molecular flexibility index (Phi) is 1.93. The van der Waals surface area contributed by atoms with Gasteiger partial charge in [-0.3, -0.25) is 0 Å². The number of rotatable bonds is 1. The molecule has 0 aliphatic rings. The van der Waals surface area contributed by atoms with Gasteiger partial charge in [0.1, 0.15) is 11.3 Å². The quantitative estimate of drug-likeness (QED) is 0.684. The second-order valence-corrected chi connectivity index (χ2v) is 2.94. The number of aromatic hydroxyl groups is 1.